The van der Waals surface area contributed by atoms with E-state index in [9.17, 15) is 4.39 Å². The molecule has 0 saturated heterocycles. The Balaban J connectivity index is 1.40. The Kier molecular flexibility index (Phi) is 7.55. The Morgan fingerprint density at radius 3 is 2.67 bits per heavy atom. The van der Waals surface area contributed by atoms with Crippen LogP contribution in [0.2, 0.25) is 0 Å². The lowest BCUT2D eigenvalue weighted by atomic mass is 10.0. The highest BCUT2D eigenvalue weighted by atomic mass is 19.1. The fourth-order valence-corrected chi connectivity index (χ4v) is 4.87. The van der Waals surface area contributed by atoms with Gasteiger partial charge in [0.05, 0.1) is 10.9 Å². The second-order valence-corrected chi connectivity index (χ2v) is 10.2. The first-order valence-corrected chi connectivity index (χ1v) is 13.6. The summed E-state index contributed by atoms with van der Waals surface area (Å²) in [5.74, 6) is -0.516. The van der Waals surface area contributed by atoms with Crippen molar-refractivity contribution >= 4 is 27.9 Å². The molecule has 0 atom stereocenters. The zero-order valence-corrected chi connectivity index (χ0v) is 23.5. The van der Waals surface area contributed by atoms with Gasteiger partial charge in [0.15, 0.2) is 17.1 Å². The minimum Gasteiger partial charge on any atom is -0.384 e. The molecule has 6 rings (SSSR count). The Morgan fingerprint density at radius 1 is 0.952 bits per heavy atom. The number of hydrogen-bond donors (Lipinski definition) is 4. The van der Waals surface area contributed by atoms with Crippen molar-refractivity contribution in [1.29, 1.82) is 0 Å². The molecule has 0 spiro atoms. The number of aromatic nitrogens is 7. The standard InChI is InChI=1S/C30H30F2N10/c1-4-33-13-17-9-19(15-34-14-17)23-16-37-28-24(25(23)32)27(40-41-28)30-38-26-22(5-6-36-29(26)39-30)18-10-20(31)12-21(11-18)35-7-8-42(2)3/h5-6,9-12,14-16,33,35H,4,7-8,13H2,1-3H3,(H,36,38,39)(H,37,40,41). The fourth-order valence-electron chi connectivity index (χ4n) is 4.87. The van der Waals surface area contributed by atoms with E-state index in [4.69, 9.17) is 0 Å². The largest absolute Gasteiger partial charge is 0.384 e. The number of rotatable bonds is 10. The molecule has 0 amide bonds. The number of likely N-dealkylation sites (N-methyl/N-ethyl adjacent to an activating group) is 1. The first-order valence-electron chi connectivity index (χ1n) is 13.6. The number of fused-ring (bicyclic) bond motifs is 2. The smallest absolute Gasteiger partial charge is 0.184 e. The quantitative estimate of drug-likeness (QED) is 0.182. The maximum atomic E-state index is 16.1. The predicted molar refractivity (Wildman–Crippen MR) is 160 cm³/mol. The third-order valence-electron chi connectivity index (χ3n) is 6.93. The van der Waals surface area contributed by atoms with E-state index in [0.717, 1.165) is 18.7 Å². The molecule has 10 nitrogen and oxygen atoms in total. The molecule has 0 aliphatic heterocycles. The second-order valence-electron chi connectivity index (χ2n) is 10.2. The zero-order chi connectivity index (χ0) is 29.2. The molecular formula is C30H30F2N10. The van der Waals surface area contributed by atoms with Crippen molar-refractivity contribution in [3.8, 4) is 33.8 Å². The summed E-state index contributed by atoms with van der Waals surface area (Å²) >= 11 is 0. The lowest BCUT2D eigenvalue weighted by Crippen LogP contribution is -2.20. The van der Waals surface area contributed by atoms with Crippen LogP contribution >= 0.6 is 0 Å². The molecule has 0 fully saturated rings. The van der Waals surface area contributed by atoms with Gasteiger partial charge in [0.1, 0.15) is 17.3 Å². The van der Waals surface area contributed by atoms with Gasteiger partial charge in [-0.05, 0) is 62.1 Å². The molecule has 0 aliphatic rings. The highest BCUT2D eigenvalue weighted by Crippen LogP contribution is 2.35. The molecule has 12 heteroatoms. The van der Waals surface area contributed by atoms with Crippen molar-refractivity contribution in [2.75, 3.05) is 39.0 Å². The molecule has 214 valence electrons. The van der Waals surface area contributed by atoms with Crippen molar-refractivity contribution in [3.05, 3.63) is 72.3 Å². The number of anilines is 1. The van der Waals surface area contributed by atoms with E-state index in [2.05, 4.69) is 45.8 Å². The third-order valence-corrected chi connectivity index (χ3v) is 6.93. The van der Waals surface area contributed by atoms with Crippen LogP contribution in [0.4, 0.5) is 14.5 Å². The molecule has 6 aromatic rings. The van der Waals surface area contributed by atoms with E-state index in [-0.39, 0.29) is 16.9 Å². The summed E-state index contributed by atoms with van der Waals surface area (Å²) in [5.41, 5.74) is 5.43. The molecule has 0 saturated carbocycles. The number of pyridine rings is 3. The first-order chi connectivity index (χ1) is 20.4. The van der Waals surface area contributed by atoms with Crippen LogP contribution in [0.15, 0.2) is 55.1 Å². The van der Waals surface area contributed by atoms with Crippen molar-refractivity contribution in [1.82, 2.24) is 45.3 Å². The number of imidazole rings is 1. The molecule has 5 aromatic heterocycles. The van der Waals surface area contributed by atoms with E-state index in [1.54, 1.807) is 24.7 Å². The van der Waals surface area contributed by atoms with E-state index in [0.29, 0.717) is 63.7 Å². The Labute approximate surface area is 240 Å². The van der Waals surface area contributed by atoms with Crippen LogP contribution in [0.1, 0.15) is 12.5 Å². The van der Waals surface area contributed by atoms with Gasteiger partial charge in [-0.25, -0.2) is 23.7 Å². The molecule has 0 unspecified atom stereocenters. The van der Waals surface area contributed by atoms with Crippen molar-refractivity contribution in [2.45, 2.75) is 13.5 Å². The van der Waals surface area contributed by atoms with Crippen LogP contribution in [-0.4, -0.2) is 73.7 Å². The monoisotopic (exact) mass is 568 g/mol. The van der Waals surface area contributed by atoms with E-state index in [1.165, 1.54) is 18.3 Å². The molecule has 4 N–H and O–H groups in total. The Morgan fingerprint density at radius 2 is 1.83 bits per heavy atom. The summed E-state index contributed by atoms with van der Waals surface area (Å²) in [6.45, 7) is 4.93. The van der Waals surface area contributed by atoms with Crippen LogP contribution in [0, 0.1) is 11.6 Å². The van der Waals surface area contributed by atoms with Gasteiger partial charge in [0, 0.05) is 66.8 Å². The first kappa shape index (κ1) is 27.4. The van der Waals surface area contributed by atoms with Crippen LogP contribution in [0.25, 0.3) is 56.0 Å². The summed E-state index contributed by atoms with van der Waals surface area (Å²) in [5, 5.41) is 13.8. The van der Waals surface area contributed by atoms with Crippen LogP contribution in [0.3, 0.4) is 0 Å². The number of nitrogens with one attached hydrogen (secondary N) is 4. The summed E-state index contributed by atoms with van der Waals surface area (Å²) < 4.78 is 30.8. The van der Waals surface area contributed by atoms with Gasteiger partial charge in [-0.1, -0.05) is 6.92 Å². The molecule has 0 bridgehead atoms. The lowest BCUT2D eigenvalue weighted by Gasteiger charge is -2.13. The van der Waals surface area contributed by atoms with Crippen molar-refractivity contribution in [2.24, 2.45) is 0 Å². The Bertz CT molecular complexity index is 1880. The number of hydrogen-bond acceptors (Lipinski definition) is 8. The number of halogens is 2. The molecule has 1 aromatic carbocycles. The number of aromatic amines is 2. The van der Waals surface area contributed by atoms with Crippen molar-refractivity contribution < 1.29 is 8.78 Å². The lowest BCUT2D eigenvalue weighted by molar-refractivity contribution is 0.425. The predicted octanol–water partition coefficient (Wildman–Crippen LogP) is 4.99. The summed E-state index contributed by atoms with van der Waals surface area (Å²) in [6, 6.07) is 8.49. The van der Waals surface area contributed by atoms with Gasteiger partial charge in [0.2, 0.25) is 0 Å². The van der Waals surface area contributed by atoms with E-state index in [1.807, 2.05) is 38.1 Å². The molecule has 0 aliphatic carbocycles. The Hall–Kier alpha value is -4.81. The minimum atomic E-state index is -0.488. The summed E-state index contributed by atoms with van der Waals surface area (Å²) in [7, 11) is 3.96. The molecule has 5 heterocycles. The van der Waals surface area contributed by atoms with Gasteiger partial charge in [-0.2, -0.15) is 5.10 Å². The van der Waals surface area contributed by atoms with E-state index >= 15 is 4.39 Å². The number of H-pyrrole nitrogens is 2. The van der Waals surface area contributed by atoms with E-state index < -0.39 is 5.82 Å². The van der Waals surface area contributed by atoms with Crippen LogP contribution < -0.4 is 10.6 Å². The zero-order valence-electron chi connectivity index (χ0n) is 23.5. The maximum Gasteiger partial charge on any atom is 0.184 e. The molecule has 0 radical (unpaired) electrons. The summed E-state index contributed by atoms with van der Waals surface area (Å²) in [6.07, 6.45) is 6.44. The number of nitrogens with zero attached hydrogens (tertiary/aromatic N) is 6. The highest BCUT2D eigenvalue weighted by Gasteiger charge is 2.21. The third kappa shape index (κ3) is 5.41. The topological polar surface area (TPSA) is 123 Å². The highest BCUT2D eigenvalue weighted by molar-refractivity contribution is 5.96. The second kappa shape index (κ2) is 11.6. The summed E-state index contributed by atoms with van der Waals surface area (Å²) in [4.78, 5) is 23.0. The van der Waals surface area contributed by atoms with Gasteiger partial charge >= 0.3 is 0 Å². The molecule has 42 heavy (non-hydrogen) atoms. The average Bonchev–Trinajstić information content (AvgIpc) is 3.61. The average molecular weight is 569 g/mol. The van der Waals surface area contributed by atoms with Gasteiger partial charge in [-0.15, -0.1) is 0 Å². The van der Waals surface area contributed by atoms with Gasteiger partial charge < -0.3 is 20.5 Å². The van der Waals surface area contributed by atoms with Crippen LogP contribution in [0.5, 0.6) is 0 Å². The maximum absolute atomic E-state index is 16.1. The van der Waals surface area contributed by atoms with Crippen LogP contribution in [-0.2, 0) is 6.54 Å². The SMILES string of the molecule is CCNCc1cncc(-c2cnc3n[nH]c(-c4nc5nccc(-c6cc(F)cc(NCCN(C)C)c6)c5[nH]4)c3c2F)c1. The fraction of sp³-hybridized carbons (Fsp3) is 0.233. The minimum absolute atomic E-state index is 0.198. The molecular weight excluding hydrogens is 538 g/mol. The van der Waals surface area contributed by atoms with Gasteiger partial charge in [0.25, 0.3) is 0 Å². The van der Waals surface area contributed by atoms with Gasteiger partial charge in [-0.3, -0.25) is 10.1 Å². The normalized spacial score (nSPS) is 11.7. The number of benzene rings is 1. The van der Waals surface area contributed by atoms with Crippen molar-refractivity contribution in [3.63, 3.8) is 0 Å².